The van der Waals surface area contributed by atoms with E-state index in [2.05, 4.69) is 29.0 Å². The van der Waals surface area contributed by atoms with Crippen LogP contribution in [0.4, 0.5) is 10.5 Å². The van der Waals surface area contributed by atoms with Crippen molar-refractivity contribution in [1.82, 2.24) is 14.8 Å². The second-order valence-electron chi connectivity index (χ2n) is 7.43. The van der Waals surface area contributed by atoms with Crippen molar-refractivity contribution in [3.05, 3.63) is 18.3 Å². The van der Waals surface area contributed by atoms with Gasteiger partial charge in [0.2, 0.25) is 5.88 Å². The smallest absolute Gasteiger partial charge is 0.321 e. The molecule has 0 radical (unpaired) electrons. The summed E-state index contributed by atoms with van der Waals surface area (Å²) in [5.41, 5.74) is 0.689. The second-order valence-corrected chi connectivity index (χ2v) is 7.43. The molecular weight excluding hydrogens is 332 g/mol. The third-order valence-electron chi connectivity index (χ3n) is 5.11. The molecular formula is C19H30N4O3. The van der Waals surface area contributed by atoms with E-state index in [0.717, 1.165) is 45.6 Å². The van der Waals surface area contributed by atoms with Gasteiger partial charge in [-0.25, -0.2) is 9.78 Å². The van der Waals surface area contributed by atoms with Crippen LogP contribution < -0.4 is 10.1 Å². The minimum Gasteiger partial charge on any atom is -0.481 e. The maximum absolute atomic E-state index is 12.4. The Kier molecular flexibility index (Phi) is 6.32. The van der Waals surface area contributed by atoms with E-state index in [9.17, 15) is 4.79 Å². The number of nitrogens with zero attached hydrogens (tertiary/aromatic N) is 3. The molecule has 0 spiro atoms. The number of hydrogen-bond acceptors (Lipinski definition) is 5. The monoisotopic (exact) mass is 362 g/mol. The van der Waals surface area contributed by atoms with E-state index in [1.165, 1.54) is 0 Å². The summed E-state index contributed by atoms with van der Waals surface area (Å²) in [5, 5.41) is 2.91. The molecule has 1 aromatic heterocycles. The number of rotatable bonds is 4. The SMILES string of the molecule is COc1ccc(NC(=O)N2CCC(CN3CC(C)OC(C)C3)CC2)cn1. The predicted molar refractivity (Wildman–Crippen MR) is 101 cm³/mol. The van der Waals surface area contributed by atoms with Crippen molar-refractivity contribution in [3.8, 4) is 5.88 Å². The lowest BCUT2D eigenvalue weighted by molar-refractivity contribution is -0.0728. The summed E-state index contributed by atoms with van der Waals surface area (Å²) in [7, 11) is 1.57. The summed E-state index contributed by atoms with van der Waals surface area (Å²) in [5.74, 6) is 1.19. The Bertz CT molecular complexity index is 577. The first-order valence-electron chi connectivity index (χ1n) is 9.47. The lowest BCUT2D eigenvalue weighted by atomic mass is 9.96. The van der Waals surface area contributed by atoms with Crippen molar-refractivity contribution >= 4 is 11.7 Å². The Morgan fingerprint density at radius 1 is 1.27 bits per heavy atom. The minimum atomic E-state index is -0.0518. The number of urea groups is 1. The first-order valence-corrected chi connectivity index (χ1v) is 9.47. The number of aromatic nitrogens is 1. The zero-order chi connectivity index (χ0) is 18.5. The molecule has 0 aliphatic carbocycles. The van der Waals surface area contributed by atoms with Crippen LogP contribution in [0.25, 0.3) is 0 Å². The average molecular weight is 362 g/mol. The van der Waals surface area contributed by atoms with E-state index in [1.807, 2.05) is 4.90 Å². The van der Waals surface area contributed by atoms with E-state index in [-0.39, 0.29) is 6.03 Å². The second kappa shape index (κ2) is 8.68. The van der Waals surface area contributed by atoms with E-state index >= 15 is 0 Å². The number of morpholine rings is 1. The van der Waals surface area contributed by atoms with Crippen LogP contribution in [0.1, 0.15) is 26.7 Å². The minimum absolute atomic E-state index is 0.0518. The number of carbonyl (C=O) groups is 1. The van der Waals surface area contributed by atoms with Crippen LogP contribution in [0.15, 0.2) is 18.3 Å². The molecule has 2 fully saturated rings. The van der Waals surface area contributed by atoms with Gasteiger partial charge in [0.15, 0.2) is 0 Å². The molecule has 3 heterocycles. The van der Waals surface area contributed by atoms with E-state index in [0.29, 0.717) is 29.7 Å². The number of hydrogen-bond donors (Lipinski definition) is 1. The number of anilines is 1. The molecule has 144 valence electrons. The number of carbonyl (C=O) groups excluding carboxylic acids is 1. The summed E-state index contributed by atoms with van der Waals surface area (Å²) in [6, 6.07) is 3.49. The molecule has 7 nitrogen and oxygen atoms in total. The molecule has 2 atom stereocenters. The molecule has 1 aromatic rings. The van der Waals surface area contributed by atoms with Gasteiger partial charge in [-0.1, -0.05) is 0 Å². The highest BCUT2D eigenvalue weighted by Crippen LogP contribution is 2.21. The first-order chi connectivity index (χ1) is 12.5. The molecule has 0 saturated carbocycles. The number of ether oxygens (including phenoxy) is 2. The maximum Gasteiger partial charge on any atom is 0.321 e. The van der Waals surface area contributed by atoms with Crippen LogP contribution in [-0.2, 0) is 4.74 Å². The van der Waals surface area contributed by atoms with E-state index in [1.54, 1.807) is 25.4 Å². The first kappa shape index (κ1) is 18.9. The molecule has 3 rings (SSSR count). The largest absolute Gasteiger partial charge is 0.481 e. The third-order valence-corrected chi connectivity index (χ3v) is 5.11. The van der Waals surface area contributed by atoms with Gasteiger partial charge in [-0.2, -0.15) is 0 Å². The molecule has 2 saturated heterocycles. The normalized spacial score (nSPS) is 25.1. The highest BCUT2D eigenvalue weighted by molar-refractivity contribution is 5.89. The van der Waals surface area contributed by atoms with Gasteiger partial charge in [0.25, 0.3) is 0 Å². The van der Waals surface area contributed by atoms with Crippen LogP contribution in [0.5, 0.6) is 5.88 Å². The number of amides is 2. The Balaban J connectivity index is 1.43. The van der Waals surface area contributed by atoms with Gasteiger partial charge in [-0.15, -0.1) is 0 Å². The summed E-state index contributed by atoms with van der Waals surface area (Å²) in [6.45, 7) is 9.01. The van der Waals surface area contributed by atoms with Crippen molar-refractivity contribution < 1.29 is 14.3 Å². The number of nitrogens with one attached hydrogen (secondary N) is 1. The molecule has 0 aromatic carbocycles. The maximum atomic E-state index is 12.4. The van der Waals surface area contributed by atoms with Gasteiger partial charge in [-0.3, -0.25) is 4.90 Å². The number of pyridine rings is 1. The fourth-order valence-electron chi connectivity index (χ4n) is 3.89. The molecule has 1 N–H and O–H groups in total. The Hall–Kier alpha value is -1.86. The molecule has 2 aliphatic rings. The van der Waals surface area contributed by atoms with Crippen LogP contribution in [-0.4, -0.2) is 72.9 Å². The van der Waals surface area contributed by atoms with Crippen LogP contribution in [0.2, 0.25) is 0 Å². The summed E-state index contributed by atoms with van der Waals surface area (Å²) < 4.78 is 10.8. The van der Waals surface area contributed by atoms with Crippen LogP contribution >= 0.6 is 0 Å². The van der Waals surface area contributed by atoms with Crippen LogP contribution in [0.3, 0.4) is 0 Å². The zero-order valence-corrected chi connectivity index (χ0v) is 16.0. The lowest BCUT2D eigenvalue weighted by Crippen LogP contribution is -2.49. The van der Waals surface area contributed by atoms with Gasteiger partial charge in [0, 0.05) is 38.8 Å². The van der Waals surface area contributed by atoms with Crippen molar-refractivity contribution in [2.45, 2.75) is 38.9 Å². The zero-order valence-electron chi connectivity index (χ0n) is 16.0. The standard InChI is InChI=1S/C19H30N4O3/c1-14-11-22(12-15(2)26-14)13-16-6-8-23(9-7-16)19(24)21-17-4-5-18(25-3)20-10-17/h4-5,10,14-16H,6-9,11-13H2,1-3H3,(H,21,24). The van der Waals surface area contributed by atoms with Crippen molar-refractivity contribution in [2.24, 2.45) is 5.92 Å². The highest BCUT2D eigenvalue weighted by atomic mass is 16.5. The molecule has 7 heteroatoms. The van der Waals surface area contributed by atoms with Crippen molar-refractivity contribution in [3.63, 3.8) is 0 Å². The Labute approximate surface area is 155 Å². The van der Waals surface area contributed by atoms with Crippen LogP contribution in [0, 0.1) is 5.92 Å². The highest BCUT2D eigenvalue weighted by Gasteiger charge is 2.28. The molecule has 2 unspecified atom stereocenters. The molecule has 26 heavy (non-hydrogen) atoms. The van der Waals surface area contributed by atoms with Gasteiger partial charge < -0.3 is 19.7 Å². The van der Waals surface area contributed by atoms with Gasteiger partial charge in [0.05, 0.1) is 31.2 Å². The van der Waals surface area contributed by atoms with E-state index in [4.69, 9.17) is 9.47 Å². The Morgan fingerprint density at radius 3 is 2.54 bits per heavy atom. The molecule has 0 bridgehead atoms. The van der Waals surface area contributed by atoms with E-state index < -0.39 is 0 Å². The third kappa shape index (κ3) is 5.08. The molecule has 2 aliphatic heterocycles. The summed E-state index contributed by atoms with van der Waals surface area (Å²) in [6.07, 6.45) is 4.33. The van der Waals surface area contributed by atoms with Crippen molar-refractivity contribution in [2.75, 3.05) is 45.2 Å². The van der Waals surface area contributed by atoms with Gasteiger partial charge in [0.1, 0.15) is 0 Å². The quantitative estimate of drug-likeness (QED) is 0.891. The fraction of sp³-hybridized carbons (Fsp3) is 0.684. The van der Waals surface area contributed by atoms with Gasteiger partial charge >= 0.3 is 6.03 Å². The Morgan fingerprint density at radius 2 is 1.96 bits per heavy atom. The average Bonchev–Trinajstić information content (AvgIpc) is 2.62. The number of piperidine rings is 1. The van der Waals surface area contributed by atoms with Crippen molar-refractivity contribution in [1.29, 1.82) is 0 Å². The predicted octanol–water partition coefficient (Wildman–Crippen LogP) is 2.44. The summed E-state index contributed by atoms with van der Waals surface area (Å²) >= 11 is 0. The fourth-order valence-corrected chi connectivity index (χ4v) is 3.89. The lowest BCUT2D eigenvalue weighted by Gasteiger charge is -2.39. The number of methoxy groups -OCH3 is 1. The number of likely N-dealkylation sites (tertiary alicyclic amines) is 1. The molecule has 2 amide bonds. The summed E-state index contributed by atoms with van der Waals surface area (Å²) in [4.78, 5) is 21.0. The topological polar surface area (TPSA) is 66.9 Å². The van der Waals surface area contributed by atoms with Gasteiger partial charge in [-0.05, 0) is 38.7 Å².